The van der Waals surface area contributed by atoms with Gasteiger partial charge in [0.25, 0.3) is 0 Å². The molecule has 0 aromatic rings. The van der Waals surface area contributed by atoms with Crippen molar-refractivity contribution >= 4 is 15.7 Å². The maximum absolute atomic E-state index is 11.7. The number of hydrogen-bond donors (Lipinski definition) is 2. The molecular weight excluding hydrogens is 278 g/mol. The van der Waals surface area contributed by atoms with Gasteiger partial charge in [-0.15, -0.1) is 0 Å². The highest BCUT2D eigenvalue weighted by Gasteiger charge is 2.16. The van der Waals surface area contributed by atoms with Crippen molar-refractivity contribution in [1.82, 2.24) is 10.2 Å². The number of rotatable bonds is 7. The van der Waals surface area contributed by atoms with Crippen LogP contribution in [0.4, 0.5) is 0 Å². The Labute approximate surface area is 122 Å². The van der Waals surface area contributed by atoms with Gasteiger partial charge in [0.15, 0.2) is 0 Å². The molecule has 3 N–H and O–H groups in total. The lowest BCUT2D eigenvalue weighted by Crippen LogP contribution is -2.44. The van der Waals surface area contributed by atoms with E-state index in [1.165, 1.54) is 25.7 Å². The van der Waals surface area contributed by atoms with Crippen LogP contribution >= 0.6 is 0 Å². The smallest absolute Gasteiger partial charge is 0.236 e. The second-order valence-electron chi connectivity index (χ2n) is 5.57. The van der Waals surface area contributed by atoms with E-state index in [1.54, 1.807) is 0 Å². The van der Waals surface area contributed by atoms with Crippen LogP contribution in [0.15, 0.2) is 0 Å². The first-order valence-electron chi connectivity index (χ1n) is 7.32. The van der Waals surface area contributed by atoms with Crippen molar-refractivity contribution < 1.29 is 13.2 Å². The lowest BCUT2D eigenvalue weighted by atomic mass is 10.2. The van der Waals surface area contributed by atoms with Crippen molar-refractivity contribution in [3.63, 3.8) is 0 Å². The van der Waals surface area contributed by atoms with Crippen LogP contribution in [0.2, 0.25) is 0 Å². The molecule has 118 valence electrons. The molecule has 0 aromatic heterocycles. The number of likely N-dealkylation sites (tertiary alicyclic amines) is 1. The average molecular weight is 305 g/mol. The minimum atomic E-state index is -3.06. The van der Waals surface area contributed by atoms with Crippen molar-refractivity contribution in [1.29, 1.82) is 0 Å². The summed E-state index contributed by atoms with van der Waals surface area (Å²) < 4.78 is 22.0. The fraction of sp³-hybridized carbons (Fsp3) is 0.923. The number of carbonyl (C=O) groups is 1. The van der Waals surface area contributed by atoms with E-state index in [2.05, 4.69) is 10.2 Å². The summed E-state index contributed by atoms with van der Waals surface area (Å²) in [6, 6.07) is -0.742. The first kappa shape index (κ1) is 17.4. The lowest BCUT2D eigenvalue weighted by Gasteiger charge is -2.20. The van der Waals surface area contributed by atoms with Crippen LogP contribution in [0.25, 0.3) is 0 Å². The van der Waals surface area contributed by atoms with Gasteiger partial charge in [-0.05, 0) is 32.4 Å². The normalized spacial score (nSPS) is 19.3. The summed E-state index contributed by atoms with van der Waals surface area (Å²) in [4.78, 5) is 14.1. The molecule has 1 saturated heterocycles. The molecule has 0 aromatic carbocycles. The second-order valence-corrected chi connectivity index (χ2v) is 7.83. The Balaban J connectivity index is 2.18. The third kappa shape index (κ3) is 7.81. The van der Waals surface area contributed by atoms with Gasteiger partial charge in [0.05, 0.1) is 11.8 Å². The van der Waals surface area contributed by atoms with Gasteiger partial charge in [0, 0.05) is 19.3 Å². The van der Waals surface area contributed by atoms with Gasteiger partial charge in [-0.3, -0.25) is 4.79 Å². The van der Waals surface area contributed by atoms with Gasteiger partial charge in [-0.25, -0.2) is 8.42 Å². The van der Waals surface area contributed by atoms with Crippen LogP contribution < -0.4 is 11.1 Å². The molecule has 0 spiro atoms. The third-order valence-corrected chi connectivity index (χ3v) is 4.54. The van der Waals surface area contributed by atoms with Gasteiger partial charge >= 0.3 is 0 Å². The molecule has 7 heteroatoms. The number of nitrogens with one attached hydrogen (secondary N) is 1. The molecule has 1 heterocycles. The Kier molecular flexibility index (Phi) is 7.47. The van der Waals surface area contributed by atoms with E-state index in [0.29, 0.717) is 6.54 Å². The van der Waals surface area contributed by atoms with Gasteiger partial charge in [0.1, 0.15) is 9.84 Å². The van der Waals surface area contributed by atoms with Gasteiger partial charge < -0.3 is 16.0 Å². The zero-order valence-electron chi connectivity index (χ0n) is 12.3. The van der Waals surface area contributed by atoms with Crippen LogP contribution in [-0.2, 0) is 14.6 Å². The standard InChI is InChI=1S/C13H27N3O3S/c1-20(18,19)11-6-12(14)13(17)15-7-10-16-8-4-2-3-5-9-16/h12H,2-11,14H2,1H3,(H,15,17). The number of nitrogens with zero attached hydrogens (tertiary/aromatic N) is 1. The van der Waals surface area contributed by atoms with Crippen LogP contribution in [0.5, 0.6) is 0 Å². The first-order valence-corrected chi connectivity index (χ1v) is 9.38. The van der Waals surface area contributed by atoms with E-state index in [0.717, 1.165) is 25.9 Å². The zero-order chi connectivity index (χ0) is 15.0. The summed E-state index contributed by atoms with van der Waals surface area (Å²) in [6.07, 6.45) is 6.35. The Morgan fingerprint density at radius 3 is 2.40 bits per heavy atom. The summed E-state index contributed by atoms with van der Waals surface area (Å²) in [5.41, 5.74) is 5.68. The quantitative estimate of drug-likeness (QED) is 0.676. The summed E-state index contributed by atoms with van der Waals surface area (Å²) >= 11 is 0. The monoisotopic (exact) mass is 305 g/mol. The van der Waals surface area contributed by atoms with E-state index in [-0.39, 0.29) is 18.1 Å². The topological polar surface area (TPSA) is 92.5 Å². The van der Waals surface area contributed by atoms with Crippen molar-refractivity contribution in [2.75, 3.05) is 38.2 Å². The molecule has 20 heavy (non-hydrogen) atoms. The molecule has 0 bridgehead atoms. The third-order valence-electron chi connectivity index (χ3n) is 3.56. The van der Waals surface area contributed by atoms with E-state index in [4.69, 9.17) is 5.73 Å². The second kappa shape index (κ2) is 8.59. The molecule has 1 fully saturated rings. The van der Waals surface area contributed by atoms with Gasteiger partial charge in [-0.2, -0.15) is 0 Å². The Hall–Kier alpha value is -0.660. The molecule has 1 rings (SSSR count). The summed E-state index contributed by atoms with van der Waals surface area (Å²) in [6.45, 7) is 3.60. The summed E-state index contributed by atoms with van der Waals surface area (Å²) in [5, 5.41) is 2.79. The minimum absolute atomic E-state index is 0.0479. The van der Waals surface area contributed by atoms with E-state index >= 15 is 0 Å². The molecule has 1 aliphatic heterocycles. The largest absolute Gasteiger partial charge is 0.353 e. The van der Waals surface area contributed by atoms with Gasteiger partial charge in [0.2, 0.25) is 5.91 Å². The van der Waals surface area contributed by atoms with Crippen LogP contribution in [0.1, 0.15) is 32.1 Å². The van der Waals surface area contributed by atoms with Crippen molar-refractivity contribution in [3.8, 4) is 0 Å². The Morgan fingerprint density at radius 1 is 1.25 bits per heavy atom. The highest BCUT2D eigenvalue weighted by atomic mass is 32.2. The summed E-state index contributed by atoms with van der Waals surface area (Å²) in [5.74, 6) is -0.309. The summed E-state index contributed by atoms with van der Waals surface area (Å²) in [7, 11) is -3.06. The molecule has 1 atom stereocenters. The molecule has 0 saturated carbocycles. The highest BCUT2D eigenvalue weighted by molar-refractivity contribution is 7.90. The highest BCUT2D eigenvalue weighted by Crippen LogP contribution is 2.08. The maximum atomic E-state index is 11.7. The van der Waals surface area contributed by atoms with E-state index in [9.17, 15) is 13.2 Å². The number of sulfone groups is 1. The van der Waals surface area contributed by atoms with Crippen molar-refractivity contribution in [2.24, 2.45) is 5.73 Å². The van der Waals surface area contributed by atoms with Gasteiger partial charge in [-0.1, -0.05) is 12.8 Å². The Bertz CT molecular complexity index is 390. The maximum Gasteiger partial charge on any atom is 0.236 e. The van der Waals surface area contributed by atoms with Crippen LogP contribution in [0, 0.1) is 0 Å². The molecule has 1 amide bonds. The molecule has 0 radical (unpaired) electrons. The van der Waals surface area contributed by atoms with Crippen molar-refractivity contribution in [3.05, 3.63) is 0 Å². The fourth-order valence-electron chi connectivity index (χ4n) is 2.30. The van der Waals surface area contributed by atoms with Crippen molar-refractivity contribution in [2.45, 2.75) is 38.1 Å². The van der Waals surface area contributed by atoms with Crippen LogP contribution in [0.3, 0.4) is 0 Å². The molecule has 1 unspecified atom stereocenters. The minimum Gasteiger partial charge on any atom is -0.353 e. The average Bonchev–Trinajstić information content (AvgIpc) is 2.63. The van der Waals surface area contributed by atoms with E-state index in [1.807, 2.05) is 0 Å². The molecular formula is C13H27N3O3S. The number of hydrogen-bond acceptors (Lipinski definition) is 5. The Morgan fingerprint density at radius 2 is 1.85 bits per heavy atom. The number of nitrogens with two attached hydrogens (primary N) is 1. The number of carbonyl (C=O) groups excluding carboxylic acids is 1. The predicted molar refractivity (Wildman–Crippen MR) is 80.2 cm³/mol. The number of amides is 1. The first-order chi connectivity index (χ1) is 9.38. The van der Waals surface area contributed by atoms with E-state index < -0.39 is 15.9 Å². The molecule has 1 aliphatic rings. The molecule has 0 aliphatic carbocycles. The SMILES string of the molecule is CS(=O)(=O)CCC(N)C(=O)NCCN1CCCCCC1. The fourth-order valence-corrected chi connectivity index (χ4v) is 2.98. The predicted octanol–water partition coefficient (Wildman–Crippen LogP) is -0.259. The zero-order valence-corrected chi connectivity index (χ0v) is 13.1. The van der Waals surface area contributed by atoms with Crippen LogP contribution in [-0.4, -0.2) is 63.5 Å². The lowest BCUT2D eigenvalue weighted by molar-refractivity contribution is -0.122. The molecule has 6 nitrogen and oxygen atoms in total.